The molecule has 0 amide bonds. The number of nitrogens with two attached hydrogens (primary N) is 1. The Morgan fingerprint density at radius 2 is 2.05 bits per heavy atom. The molecule has 114 valence electrons. The van der Waals surface area contributed by atoms with E-state index in [9.17, 15) is 5.11 Å². The molecule has 0 bridgehead atoms. The van der Waals surface area contributed by atoms with E-state index in [0.717, 1.165) is 13.0 Å². The molecule has 0 aliphatic heterocycles. The lowest BCUT2D eigenvalue weighted by Crippen LogP contribution is -2.33. The highest BCUT2D eigenvalue weighted by Gasteiger charge is 2.10. The smallest absolute Gasteiger partial charge is 0.188 e. The van der Waals surface area contributed by atoms with Crippen LogP contribution in [0.15, 0.2) is 29.3 Å². The second-order valence-corrected chi connectivity index (χ2v) is 5.28. The van der Waals surface area contributed by atoms with Crippen molar-refractivity contribution in [2.75, 3.05) is 13.1 Å². The van der Waals surface area contributed by atoms with E-state index in [-0.39, 0.29) is 30.5 Å². The Labute approximate surface area is 142 Å². The van der Waals surface area contributed by atoms with Gasteiger partial charge in [0.1, 0.15) is 6.10 Å². The van der Waals surface area contributed by atoms with Gasteiger partial charge in [0.2, 0.25) is 0 Å². The van der Waals surface area contributed by atoms with Gasteiger partial charge in [-0.05, 0) is 18.4 Å². The summed E-state index contributed by atoms with van der Waals surface area (Å²) in [6, 6.07) is 7.18. The zero-order valence-electron chi connectivity index (χ0n) is 11.8. The van der Waals surface area contributed by atoms with Crippen molar-refractivity contribution in [2.45, 2.75) is 26.4 Å². The lowest BCUT2D eigenvalue weighted by molar-refractivity contribution is 0.187. The van der Waals surface area contributed by atoms with Crippen molar-refractivity contribution in [3.63, 3.8) is 0 Å². The van der Waals surface area contributed by atoms with Gasteiger partial charge in [-0.2, -0.15) is 0 Å². The first-order valence-corrected chi connectivity index (χ1v) is 6.84. The normalized spacial score (nSPS) is 12.9. The molecule has 0 aromatic heterocycles. The van der Waals surface area contributed by atoms with Gasteiger partial charge in [0.15, 0.2) is 5.96 Å². The molecule has 0 saturated carbocycles. The number of halogens is 2. The van der Waals surface area contributed by atoms with Crippen LogP contribution in [0.2, 0.25) is 5.02 Å². The highest BCUT2D eigenvalue weighted by Crippen LogP contribution is 2.22. The molecule has 0 spiro atoms. The summed E-state index contributed by atoms with van der Waals surface area (Å²) in [5, 5.41) is 13.5. The van der Waals surface area contributed by atoms with Crippen molar-refractivity contribution >= 4 is 41.5 Å². The van der Waals surface area contributed by atoms with Crippen LogP contribution in [0.3, 0.4) is 0 Å². The average molecular weight is 412 g/mol. The van der Waals surface area contributed by atoms with Gasteiger partial charge in [-0.25, -0.2) is 0 Å². The van der Waals surface area contributed by atoms with Crippen molar-refractivity contribution in [1.82, 2.24) is 5.32 Å². The molecule has 1 atom stereocenters. The standard InChI is InChI=1S/C14H22ClN3O.HI/c1-10(2)7-8-17-14(16)18-9-13(19)11-5-3-4-6-12(11)15;/h3-6,10,13,19H,7-9H2,1-2H3,(H3,16,17,18);1H. The van der Waals surface area contributed by atoms with E-state index in [1.807, 2.05) is 12.1 Å². The number of hydrogen-bond acceptors (Lipinski definition) is 2. The molecular weight excluding hydrogens is 389 g/mol. The highest BCUT2D eigenvalue weighted by atomic mass is 127. The summed E-state index contributed by atoms with van der Waals surface area (Å²) in [4.78, 5) is 4.11. The van der Waals surface area contributed by atoms with E-state index in [1.165, 1.54) is 0 Å². The van der Waals surface area contributed by atoms with Gasteiger partial charge in [-0.1, -0.05) is 43.6 Å². The second kappa shape index (κ2) is 10.2. The SMILES string of the molecule is CC(C)CCNC(N)=NCC(O)c1ccccc1Cl.I. The molecular formula is C14H23ClIN3O. The van der Waals surface area contributed by atoms with Crippen LogP contribution in [0.25, 0.3) is 0 Å². The van der Waals surface area contributed by atoms with Gasteiger partial charge in [0.25, 0.3) is 0 Å². The third kappa shape index (κ3) is 7.31. The van der Waals surface area contributed by atoms with Crippen molar-refractivity contribution in [3.05, 3.63) is 34.9 Å². The van der Waals surface area contributed by atoms with Gasteiger partial charge in [-0.3, -0.25) is 4.99 Å². The number of rotatable bonds is 6. The minimum Gasteiger partial charge on any atom is -0.386 e. The maximum atomic E-state index is 9.99. The summed E-state index contributed by atoms with van der Waals surface area (Å²) < 4.78 is 0. The molecule has 1 rings (SSSR count). The van der Waals surface area contributed by atoms with Crippen LogP contribution in [-0.2, 0) is 0 Å². The first-order valence-electron chi connectivity index (χ1n) is 6.47. The Morgan fingerprint density at radius 1 is 1.40 bits per heavy atom. The third-order valence-electron chi connectivity index (χ3n) is 2.73. The van der Waals surface area contributed by atoms with E-state index in [4.69, 9.17) is 17.3 Å². The molecule has 1 aromatic carbocycles. The van der Waals surface area contributed by atoms with Crippen LogP contribution in [0.1, 0.15) is 31.9 Å². The van der Waals surface area contributed by atoms with Crippen LogP contribution < -0.4 is 11.1 Å². The van der Waals surface area contributed by atoms with Gasteiger partial charge in [-0.15, -0.1) is 24.0 Å². The fraction of sp³-hybridized carbons (Fsp3) is 0.500. The Morgan fingerprint density at radius 3 is 2.65 bits per heavy atom. The molecule has 4 nitrogen and oxygen atoms in total. The number of nitrogens with zero attached hydrogens (tertiary/aromatic N) is 1. The average Bonchev–Trinajstić information content (AvgIpc) is 2.36. The van der Waals surface area contributed by atoms with Crippen LogP contribution in [0.4, 0.5) is 0 Å². The van der Waals surface area contributed by atoms with Crippen molar-refractivity contribution in [1.29, 1.82) is 0 Å². The molecule has 1 aromatic rings. The molecule has 0 radical (unpaired) electrons. The quantitative estimate of drug-likeness (QED) is 0.383. The van der Waals surface area contributed by atoms with Crippen molar-refractivity contribution in [3.8, 4) is 0 Å². The molecule has 4 N–H and O–H groups in total. The largest absolute Gasteiger partial charge is 0.386 e. The Balaban J connectivity index is 0.00000361. The fourth-order valence-electron chi connectivity index (χ4n) is 1.57. The molecule has 0 saturated heterocycles. The van der Waals surface area contributed by atoms with Crippen molar-refractivity contribution < 1.29 is 5.11 Å². The van der Waals surface area contributed by atoms with E-state index < -0.39 is 6.10 Å². The zero-order chi connectivity index (χ0) is 14.3. The minimum atomic E-state index is -0.737. The fourth-order valence-corrected chi connectivity index (χ4v) is 1.83. The predicted molar refractivity (Wildman–Crippen MR) is 95.8 cm³/mol. The Bertz CT molecular complexity index is 427. The molecule has 0 aliphatic rings. The van der Waals surface area contributed by atoms with E-state index in [0.29, 0.717) is 22.5 Å². The van der Waals surface area contributed by atoms with Crippen LogP contribution >= 0.6 is 35.6 Å². The number of guanidine groups is 1. The highest BCUT2D eigenvalue weighted by molar-refractivity contribution is 14.0. The summed E-state index contributed by atoms with van der Waals surface area (Å²) >= 11 is 6.00. The number of benzene rings is 1. The van der Waals surface area contributed by atoms with E-state index in [1.54, 1.807) is 12.1 Å². The van der Waals surface area contributed by atoms with Gasteiger partial charge >= 0.3 is 0 Å². The monoisotopic (exact) mass is 411 g/mol. The first-order chi connectivity index (χ1) is 9.00. The summed E-state index contributed by atoms with van der Waals surface area (Å²) in [7, 11) is 0. The number of hydrogen-bond donors (Lipinski definition) is 3. The summed E-state index contributed by atoms with van der Waals surface area (Å²) in [6.45, 7) is 5.28. The van der Waals surface area contributed by atoms with Crippen LogP contribution in [0, 0.1) is 5.92 Å². The summed E-state index contributed by atoms with van der Waals surface area (Å²) in [6.07, 6.45) is 0.294. The molecule has 6 heteroatoms. The minimum absolute atomic E-state index is 0. The molecule has 1 unspecified atom stereocenters. The molecule has 20 heavy (non-hydrogen) atoms. The lowest BCUT2D eigenvalue weighted by Gasteiger charge is -2.11. The van der Waals surface area contributed by atoms with Crippen LogP contribution in [-0.4, -0.2) is 24.2 Å². The van der Waals surface area contributed by atoms with Gasteiger partial charge in [0, 0.05) is 17.1 Å². The first kappa shape index (κ1) is 19.5. The zero-order valence-corrected chi connectivity index (χ0v) is 14.9. The number of aliphatic hydroxyl groups is 1. The predicted octanol–water partition coefficient (Wildman–Crippen LogP) is 2.94. The number of aliphatic hydroxyl groups excluding tert-OH is 1. The second-order valence-electron chi connectivity index (χ2n) is 4.87. The molecule has 0 heterocycles. The Hall–Kier alpha value is -0.530. The maximum absolute atomic E-state index is 9.99. The third-order valence-corrected chi connectivity index (χ3v) is 3.07. The van der Waals surface area contributed by atoms with Gasteiger partial charge < -0.3 is 16.2 Å². The maximum Gasteiger partial charge on any atom is 0.188 e. The summed E-state index contributed by atoms with van der Waals surface area (Å²) in [5.74, 6) is 0.973. The number of nitrogens with one attached hydrogen (secondary N) is 1. The summed E-state index contributed by atoms with van der Waals surface area (Å²) in [5.41, 5.74) is 6.39. The van der Waals surface area contributed by atoms with Crippen LogP contribution in [0.5, 0.6) is 0 Å². The molecule has 0 fully saturated rings. The Kier molecular flexibility index (Phi) is 9.96. The van der Waals surface area contributed by atoms with E-state index in [2.05, 4.69) is 24.2 Å². The molecule has 0 aliphatic carbocycles. The van der Waals surface area contributed by atoms with E-state index >= 15 is 0 Å². The van der Waals surface area contributed by atoms with Gasteiger partial charge in [0.05, 0.1) is 6.54 Å². The topological polar surface area (TPSA) is 70.6 Å². The number of aliphatic imine (C=N–C) groups is 1. The van der Waals surface area contributed by atoms with Crippen molar-refractivity contribution in [2.24, 2.45) is 16.6 Å². The lowest BCUT2D eigenvalue weighted by atomic mass is 10.1.